The van der Waals surface area contributed by atoms with Gasteiger partial charge in [0.25, 0.3) is 0 Å². The van der Waals surface area contributed by atoms with E-state index in [9.17, 15) is 4.39 Å². The van der Waals surface area contributed by atoms with Crippen molar-refractivity contribution in [2.75, 3.05) is 13.7 Å². The monoisotopic (exact) mass is 227 g/mol. The summed E-state index contributed by atoms with van der Waals surface area (Å²) in [5.74, 6) is 0.206. The lowest BCUT2D eigenvalue weighted by Gasteiger charge is -2.14. The normalized spacial score (nSPS) is 12.5. The number of rotatable bonds is 6. The van der Waals surface area contributed by atoms with Crippen LogP contribution in [0.4, 0.5) is 4.39 Å². The Bertz CT molecular complexity index is 331. The van der Waals surface area contributed by atoms with Crippen LogP contribution in [-0.2, 0) is 11.3 Å². The molecule has 0 aliphatic heterocycles. The summed E-state index contributed by atoms with van der Waals surface area (Å²) in [6.45, 7) is 2.75. The molecule has 0 radical (unpaired) electrons. The Morgan fingerprint density at radius 2 is 2.19 bits per heavy atom. The Hall–Kier alpha value is -1.13. The van der Waals surface area contributed by atoms with E-state index in [1.54, 1.807) is 19.2 Å². The van der Waals surface area contributed by atoms with Gasteiger partial charge in [-0.05, 0) is 13.0 Å². The lowest BCUT2D eigenvalue weighted by molar-refractivity contribution is 0.135. The molecule has 0 saturated carbocycles. The van der Waals surface area contributed by atoms with Gasteiger partial charge in [-0.1, -0.05) is 6.07 Å². The smallest absolute Gasteiger partial charge is 0.131 e. The first-order valence-corrected chi connectivity index (χ1v) is 5.31. The Balaban J connectivity index is 2.57. The van der Waals surface area contributed by atoms with E-state index in [1.807, 2.05) is 6.92 Å². The number of hydrogen-bond acceptors (Lipinski definition) is 3. The highest BCUT2D eigenvalue weighted by Crippen LogP contribution is 2.18. The van der Waals surface area contributed by atoms with Gasteiger partial charge in [-0.15, -0.1) is 0 Å². The highest BCUT2D eigenvalue weighted by molar-refractivity contribution is 5.28. The number of benzene rings is 1. The largest absolute Gasteiger partial charge is 0.491 e. The molecule has 1 aromatic rings. The maximum atomic E-state index is 13.4. The lowest BCUT2D eigenvalue weighted by atomic mass is 10.2. The Labute approximate surface area is 95.4 Å². The number of hydrogen-bond donors (Lipinski definition) is 1. The first-order chi connectivity index (χ1) is 7.67. The highest BCUT2D eigenvalue weighted by Gasteiger charge is 2.06. The number of ether oxygens (including phenoxy) is 2. The van der Waals surface area contributed by atoms with E-state index in [0.717, 1.165) is 6.42 Å². The third kappa shape index (κ3) is 3.79. The predicted molar refractivity (Wildman–Crippen MR) is 60.9 cm³/mol. The fraction of sp³-hybridized carbons (Fsp3) is 0.500. The quantitative estimate of drug-likeness (QED) is 0.809. The topological polar surface area (TPSA) is 44.5 Å². The van der Waals surface area contributed by atoms with Crippen LogP contribution in [0.5, 0.6) is 5.75 Å². The van der Waals surface area contributed by atoms with Gasteiger partial charge in [0, 0.05) is 38.3 Å². The average Bonchev–Trinajstić information content (AvgIpc) is 2.26. The van der Waals surface area contributed by atoms with Gasteiger partial charge in [0.1, 0.15) is 11.6 Å². The molecule has 0 aliphatic carbocycles. The van der Waals surface area contributed by atoms with Crippen molar-refractivity contribution in [2.45, 2.75) is 26.0 Å². The lowest BCUT2D eigenvalue weighted by Crippen LogP contribution is -2.14. The second kappa shape index (κ2) is 6.45. The molecule has 1 rings (SSSR count). The zero-order chi connectivity index (χ0) is 12.0. The van der Waals surface area contributed by atoms with Crippen molar-refractivity contribution in [2.24, 2.45) is 5.73 Å². The van der Waals surface area contributed by atoms with Crippen LogP contribution in [0.15, 0.2) is 18.2 Å². The fourth-order valence-corrected chi connectivity index (χ4v) is 1.34. The van der Waals surface area contributed by atoms with Gasteiger partial charge in [0.2, 0.25) is 0 Å². The summed E-state index contributed by atoms with van der Waals surface area (Å²) >= 11 is 0. The van der Waals surface area contributed by atoms with E-state index in [1.165, 1.54) is 6.07 Å². The molecule has 1 aromatic carbocycles. The Morgan fingerprint density at radius 1 is 1.44 bits per heavy atom. The zero-order valence-corrected chi connectivity index (χ0v) is 9.70. The molecule has 0 spiro atoms. The molecule has 0 amide bonds. The van der Waals surface area contributed by atoms with Crippen LogP contribution in [0.1, 0.15) is 18.9 Å². The first-order valence-electron chi connectivity index (χ1n) is 5.31. The van der Waals surface area contributed by atoms with Gasteiger partial charge < -0.3 is 15.2 Å². The maximum Gasteiger partial charge on any atom is 0.131 e. The van der Waals surface area contributed by atoms with Gasteiger partial charge in [0.05, 0.1) is 6.10 Å². The minimum Gasteiger partial charge on any atom is -0.491 e. The molecule has 0 fully saturated rings. The molecule has 2 N–H and O–H groups in total. The molecular weight excluding hydrogens is 209 g/mol. The van der Waals surface area contributed by atoms with Crippen molar-refractivity contribution in [3.05, 3.63) is 29.6 Å². The number of nitrogens with two attached hydrogens (primary N) is 1. The summed E-state index contributed by atoms with van der Waals surface area (Å²) in [5, 5.41) is 0. The molecule has 90 valence electrons. The summed E-state index contributed by atoms with van der Waals surface area (Å²) in [7, 11) is 1.64. The summed E-state index contributed by atoms with van der Waals surface area (Å²) in [4.78, 5) is 0. The van der Waals surface area contributed by atoms with Gasteiger partial charge in [-0.3, -0.25) is 0 Å². The molecule has 0 saturated heterocycles. The minimum absolute atomic E-state index is 0.00285. The molecule has 0 bridgehead atoms. The number of halogens is 1. The molecule has 1 atom stereocenters. The van der Waals surface area contributed by atoms with Crippen LogP contribution >= 0.6 is 0 Å². The SMILES string of the molecule is COCCC(C)Oc1ccc(CN)c(F)c1. The van der Waals surface area contributed by atoms with Crippen molar-refractivity contribution >= 4 is 0 Å². The van der Waals surface area contributed by atoms with Crippen LogP contribution in [0.3, 0.4) is 0 Å². The maximum absolute atomic E-state index is 13.4. The molecular formula is C12H18FNO2. The molecule has 0 aromatic heterocycles. The molecule has 0 heterocycles. The van der Waals surface area contributed by atoms with E-state index in [4.69, 9.17) is 15.2 Å². The molecule has 4 heteroatoms. The zero-order valence-electron chi connectivity index (χ0n) is 9.70. The van der Waals surface area contributed by atoms with Gasteiger partial charge >= 0.3 is 0 Å². The van der Waals surface area contributed by atoms with Crippen LogP contribution < -0.4 is 10.5 Å². The van der Waals surface area contributed by atoms with E-state index in [-0.39, 0.29) is 18.5 Å². The highest BCUT2D eigenvalue weighted by atomic mass is 19.1. The van der Waals surface area contributed by atoms with E-state index in [2.05, 4.69) is 0 Å². The van der Waals surface area contributed by atoms with Gasteiger partial charge in [-0.2, -0.15) is 0 Å². The second-order valence-electron chi connectivity index (χ2n) is 3.67. The minimum atomic E-state index is -0.320. The van der Waals surface area contributed by atoms with Crippen molar-refractivity contribution in [3.8, 4) is 5.75 Å². The van der Waals surface area contributed by atoms with Gasteiger partial charge in [-0.25, -0.2) is 4.39 Å². The summed E-state index contributed by atoms with van der Waals surface area (Å²) in [6.07, 6.45) is 0.777. The Morgan fingerprint density at radius 3 is 2.75 bits per heavy atom. The third-order valence-corrected chi connectivity index (χ3v) is 2.31. The van der Waals surface area contributed by atoms with Crippen molar-refractivity contribution in [3.63, 3.8) is 0 Å². The van der Waals surface area contributed by atoms with Crippen LogP contribution in [0.2, 0.25) is 0 Å². The van der Waals surface area contributed by atoms with Crippen LogP contribution in [0.25, 0.3) is 0 Å². The molecule has 3 nitrogen and oxygen atoms in total. The third-order valence-electron chi connectivity index (χ3n) is 2.31. The summed E-state index contributed by atoms with van der Waals surface area (Å²) in [5.41, 5.74) is 5.87. The van der Waals surface area contributed by atoms with E-state index < -0.39 is 0 Å². The van der Waals surface area contributed by atoms with E-state index >= 15 is 0 Å². The fourth-order valence-electron chi connectivity index (χ4n) is 1.34. The molecule has 16 heavy (non-hydrogen) atoms. The molecule has 0 aliphatic rings. The average molecular weight is 227 g/mol. The van der Waals surface area contributed by atoms with Crippen LogP contribution in [0, 0.1) is 5.82 Å². The van der Waals surface area contributed by atoms with Crippen molar-refractivity contribution in [1.82, 2.24) is 0 Å². The first kappa shape index (κ1) is 12.9. The summed E-state index contributed by atoms with van der Waals surface area (Å²) in [6, 6.07) is 4.74. The second-order valence-corrected chi connectivity index (χ2v) is 3.67. The van der Waals surface area contributed by atoms with Crippen molar-refractivity contribution in [1.29, 1.82) is 0 Å². The summed E-state index contributed by atoms with van der Waals surface area (Å²) < 4.78 is 23.8. The molecule has 1 unspecified atom stereocenters. The van der Waals surface area contributed by atoms with Crippen molar-refractivity contribution < 1.29 is 13.9 Å². The standard InChI is InChI=1S/C12H18FNO2/c1-9(5-6-15-2)16-11-4-3-10(8-14)12(13)7-11/h3-4,7,9H,5-6,8,14H2,1-2H3. The number of methoxy groups -OCH3 is 1. The Kier molecular flexibility index (Phi) is 5.22. The predicted octanol–water partition coefficient (Wildman–Crippen LogP) is 2.09. The van der Waals surface area contributed by atoms with Gasteiger partial charge in [0.15, 0.2) is 0 Å². The van der Waals surface area contributed by atoms with E-state index in [0.29, 0.717) is 17.9 Å². The van der Waals surface area contributed by atoms with Crippen LogP contribution in [-0.4, -0.2) is 19.8 Å².